The zero-order chi connectivity index (χ0) is 13.3. The SMILES string of the molecule is CCC1(CC)CCN(C(=O)c2nn(C)cc2N)C1. The van der Waals surface area contributed by atoms with Crippen LogP contribution in [0.25, 0.3) is 0 Å². The molecule has 1 saturated heterocycles. The highest BCUT2D eigenvalue weighted by molar-refractivity contribution is 5.97. The van der Waals surface area contributed by atoms with Crippen molar-refractivity contribution in [1.82, 2.24) is 14.7 Å². The smallest absolute Gasteiger partial charge is 0.276 e. The number of rotatable bonds is 3. The maximum atomic E-state index is 12.4. The van der Waals surface area contributed by atoms with E-state index in [0.717, 1.165) is 32.4 Å². The molecule has 0 spiro atoms. The molecule has 0 aromatic carbocycles. The number of likely N-dealkylation sites (tertiary alicyclic amines) is 1. The van der Waals surface area contributed by atoms with Gasteiger partial charge in [0.05, 0.1) is 5.69 Å². The fraction of sp³-hybridized carbons (Fsp3) is 0.692. The summed E-state index contributed by atoms with van der Waals surface area (Å²) in [4.78, 5) is 14.3. The molecule has 0 saturated carbocycles. The molecule has 1 aliphatic rings. The molecule has 1 aliphatic heterocycles. The topological polar surface area (TPSA) is 64.2 Å². The third-order valence-corrected chi connectivity index (χ3v) is 4.29. The van der Waals surface area contributed by atoms with E-state index in [2.05, 4.69) is 18.9 Å². The lowest BCUT2D eigenvalue weighted by Crippen LogP contribution is -2.32. The normalized spacial score (nSPS) is 18.3. The minimum absolute atomic E-state index is 0.0307. The van der Waals surface area contributed by atoms with Crippen LogP contribution >= 0.6 is 0 Å². The predicted octanol–water partition coefficient (Wildman–Crippen LogP) is 1.65. The molecule has 1 fully saturated rings. The molecule has 2 N–H and O–H groups in total. The van der Waals surface area contributed by atoms with E-state index in [1.807, 2.05) is 4.90 Å². The first-order valence-electron chi connectivity index (χ1n) is 6.59. The van der Waals surface area contributed by atoms with E-state index < -0.39 is 0 Å². The van der Waals surface area contributed by atoms with Crippen LogP contribution in [-0.4, -0.2) is 33.7 Å². The number of amides is 1. The van der Waals surface area contributed by atoms with Crippen LogP contribution in [0.4, 0.5) is 5.69 Å². The number of nitrogens with zero attached hydrogens (tertiary/aromatic N) is 3. The minimum atomic E-state index is -0.0307. The number of carbonyl (C=O) groups excluding carboxylic acids is 1. The molecule has 0 radical (unpaired) electrons. The van der Waals surface area contributed by atoms with Crippen LogP contribution < -0.4 is 5.73 Å². The maximum Gasteiger partial charge on any atom is 0.276 e. The Bertz CT molecular complexity index is 448. The second-order valence-corrected chi connectivity index (χ2v) is 5.29. The molecule has 1 aromatic rings. The van der Waals surface area contributed by atoms with Crippen molar-refractivity contribution < 1.29 is 4.79 Å². The summed E-state index contributed by atoms with van der Waals surface area (Å²) in [6.07, 6.45) is 4.99. The van der Waals surface area contributed by atoms with Crippen molar-refractivity contribution in [2.75, 3.05) is 18.8 Å². The van der Waals surface area contributed by atoms with Crippen LogP contribution in [0, 0.1) is 5.41 Å². The molecule has 5 heteroatoms. The Morgan fingerprint density at radius 2 is 2.17 bits per heavy atom. The first kappa shape index (κ1) is 12.9. The van der Waals surface area contributed by atoms with Gasteiger partial charge in [-0.15, -0.1) is 0 Å². The highest BCUT2D eigenvalue weighted by Crippen LogP contribution is 2.37. The number of hydrogen-bond donors (Lipinski definition) is 1. The Morgan fingerprint density at radius 3 is 2.61 bits per heavy atom. The van der Waals surface area contributed by atoms with Gasteiger partial charge >= 0.3 is 0 Å². The Hall–Kier alpha value is -1.52. The van der Waals surface area contributed by atoms with Gasteiger partial charge in [-0.2, -0.15) is 5.10 Å². The Balaban J connectivity index is 2.15. The summed E-state index contributed by atoms with van der Waals surface area (Å²) in [6.45, 7) is 6.05. The van der Waals surface area contributed by atoms with Gasteiger partial charge in [-0.1, -0.05) is 13.8 Å². The van der Waals surface area contributed by atoms with Crippen LogP contribution in [0.15, 0.2) is 6.20 Å². The van der Waals surface area contributed by atoms with Crippen LogP contribution in [-0.2, 0) is 7.05 Å². The third kappa shape index (κ3) is 2.09. The Labute approximate surface area is 108 Å². The maximum absolute atomic E-state index is 12.4. The van der Waals surface area contributed by atoms with Crippen molar-refractivity contribution >= 4 is 11.6 Å². The van der Waals surface area contributed by atoms with Crippen molar-refractivity contribution in [1.29, 1.82) is 0 Å². The van der Waals surface area contributed by atoms with Gasteiger partial charge in [0.2, 0.25) is 0 Å². The fourth-order valence-electron chi connectivity index (χ4n) is 2.76. The number of aryl methyl sites for hydroxylation is 1. The van der Waals surface area contributed by atoms with E-state index in [0.29, 0.717) is 16.8 Å². The van der Waals surface area contributed by atoms with Crippen LogP contribution in [0.5, 0.6) is 0 Å². The fourth-order valence-corrected chi connectivity index (χ4v) is 2.76. The number of hydrogen-bond acceptors (Lipinski definition) is 3. The van der Waals surface area contributed by atoms with Crippen molar-refractivity contribution in [2.24, 2.45) is 12.5 Å². The summed E-state index contributed by atoms with van der Waals surface area (Å²) in [5.41, 5.74) is 6.96. The summed E-state index contributed by atoms with van der Waals surface area (Å²) in [5.74, 6) is -0.0307. The third-order valence-electron chi connectivity index (χ3n) is 4.29. The van der Waals surface area contributed by atoms with E-state index >= 15 is 0 Å². The average molecular weight is 250 g/mol. The summed E-state index contributed by atoms with van der Waals surface area (Å²) in [7, 11) is 1.78. The quantitative estimate of drug-likeness (QED) is 0.887. The number of aromatic nitrogens is 2. The van der Waals surface area contributed by atoms with Gasteiger partial charge in [0.25, 0.3) is 5.91 Å². The largest absolute Gasteiger partial charge is 0.396 e. The average Bonchev–Trinajstić information content (AvgIpc) is 2.93. The van der Waals surface area contributed by atoms with Crippen molar-refractivity contribution in [2.45, 2.75) is 33.1 Å². The number of anilines is 1. The Morgan fingerprint density at radius 1 is 1.50 bits per heavy atom. The zero-order valence-electron chi connectivity index (χ0n) is 11.4. The van der Waals surface area contributed by atoms with Gasteiger partial charge in [-0.05, 0) is 24.7 Å². The van der Waals surface area contributed by atoms with E-state index in [-0.39, 0.29) is 5.91 Å². The van der Waals surface area contributed by atoms with E-state index in [1.54, 1.807) is 17.9 Å². The van der Waals surface area contributed by atoms with Gasteiger partial charge < -0.3 is 10.6 Å². The molecule has 100 valence electrons. The molecule has 18 heavy (non-hydrogen) atoms. The van der Waals surface area contributed by atoms with Crippen molar-refractivity contribution in [3.8, 4) is 0 Å². The molecule has 1 aromatic heterocycles. The van der Waals surface area contributed by atoms with Gasteiger partial charge in [0.1, 0.15) is 0 Å². The molecular formula is C13H22N4O. The first-order chi connectivity index (χ1) is 8.51. The highest BCUT2D eigenvalue weighted by Gasteiger charge is 2.38. The molecule has 0 bridgehead atoms. The zero-order valence-corrected chi connectivity index (χ0v) is 11.4. The molecule has 2 heterocycles. The van der Waals surface area contributed by atoms with Gasteiger partial charge in [-0.25, -0.2) is 0 Å². The van der Waals surface area contributed by atoms with E-state index in [1.165, 1.54) is 0 Å². The summed E-state index contributed by atoms with van der Waals surface area (Å²) in [5, 5.41) is 4.15. The summed E-state index contributed by atoms with van der Waals surface area (Å²) in [6, 6.07) is 0. The summed E-state index contributed by atoms with van der Waals surface area (Å²) < 4.78 is 1.59. The molecule has 0 unspecified atom stereocenters. The van der Waals surface area contributed by atoms with Crippen LogP contribution in [0.2, 0.25) is 0 Å². The number of carbonyl (C=O) groups is 1. The van der Waals surface area contributed by atoms with Gasteiger partial charge in [0, 0.05) is 26.3 Å². The molecule has 0 aliphatic carbocycles. The number of nitrogens with two attached hydrogens (primary N) is 1. The first-order valence-corrected chi connectivity index (χ1v) is 6.59. The van der Waals surface area contributed by atoms with E-state index in [4.69, 9.17) is 5.73 Å². The lowest BCUT2D eigenvalue weighted by atomic mass is 9.82. The number of nitrogen functional groups attached to an aromatic ring is 1. The van der Waals surface area contributed by atoms with E-state index in [9.17, 15) is 4.79 Å². The molecule has 0 atom stereocenters. The molecule has 5 nitrogen and oxygen atoms in total. The Kier molecular flexibility index (Phi) is 3.32. The monoisotopic (exact) mass is 250 g/mol. The lowest BCUT2D eigenvalue weighted by Gasteiger charge is -2.26. The van der Waals surface area contributed by atoms with Gasteiger partial charge in [0.15, 0.2) is 5.69 Å². The van der Waals surface area contributed by atoms with Crippen LogP contribution in [0.1, 0.15) is 43.6 Å². The molecular weight excluding hydrogens is 228 g/mol. The van der Waals surface area contributed by atoms with Crippen LogP contribution in [0.3, 0.4) is 0 Å². The molecule has 1 amide bonds. The predicted molar refractivity (Wildman–Crippen MR) is 71.2 cm³/mol. The minimum Gasteiger partial charge on any atom is -0.396 e. The summed E-state index contributed by atoms with van der Waals surface area (Å²) >= 11 is 0. The second-order valence-electron chi connectivity index (χ2n) is 5.29. The highest BCUT2D eigenvalue weighted by atomic mass is 16.2. The van der Waals surface area contributed by atoms with Crippen molar-refractivity contribution in [3.05, 3.63) is 11.9 Å². The lowest BCUT2D eigenvalue weighted by molar-refractivity contribution is 0.0764. The second kappa shape index (κ2) is 4.63. The van der Waals surface area contributed by atoms with Gasteiger partial charge in [-0.3, -0.25) is 9.48 Å². The standard InChI is InChI=1S/C13H22N4O/c1-4-13(5-2)6-7-17(9-13)12(18)11-10(14)8-16(3)15-11/h8H,4-7,9,14H2,1-3H3. The molecule has 2 rings (SSSR count). The van der Waals surface area contributed by atoms with Crippen molar-refractivity contribution in [3.63, 3.8) is 0 Å².